The van der Waals surface area contributed by atoms with Crippen LogP contribution in [0.4, 0.5) is 0 Å². The minimum Gasteiger partial charge on any atom is -0.468 e. The second-order valence-corrected chi connectivity index (χ2v) is 3.20. The molecule has 0 amide bonds. The van der Waals surface area contributed by atoms with Crippen molar-refractivity contribution in [3.63, 3.8) is 0 Å². The van der Waals surface area contributed by atoms with Gasteiger partial charge in [-0.05, 0) is 13.8 Å². The van der Waals surface area contributed by atoms with Gasteiger partial charge < -0.3 is 14.2 Å². The van der Waals surface area contributed by atoms with Crippen LogP contribution in [-0.4, -0.2) is 26.0 Å². The maximum Gasteiger partial charge on any atom is 0.337 e. The van der Waals surface area contributed by atoms with E-state index in [1.807, 2.05) is 6.92 Å². The zero-order valence-electron chi connectivity index (χ0n) is 8.99. The lowest BCUT2D eigenvalue weighted by atomic mass is 10.0. The molecule has 0 saturated carbocycles. The third-order valence-corrected chi connectivity index (χ3v) is 2.26. The lowest BCUT2D eigenvalue weighted by molar-refractivity contribution is -0.140. The topological polar surface area (TPSA) is 44.8 Å². The SMILES string of the molecule is CCOC(=O)C1=C(C)OC(OC)C1C. The van der Waals surface area contributed by atoms with E-state index in [4.69, 9.17) is 14.2 Å². The lowest BCUT2D eigenvalue weighted by Gasteiger charge is -2.14. The second kappa shape index (κ2) is 4.46. The monoisotopic (exact) mass is 200 g/mol. The van der Waals surface area contributed by atoms with E-state index in [9.17, 15) is 4.79 Å². The summed E-state index contributed by atoms with van der Waals surface area (Å²) in [4.78, 5) is 11.5. The number of ether oxygens (including phenoxy) is 3. The fourth-order valence-electron chi connectivity index (χ4n) is 1.59. The van der Waals surface area contributed by atoms with E-state index in [1.54, 1.807) is 21.0 Å². The number of hydrogen-bond acceptors (Lipinski definition) is 4. The first-order chi connectivity index (χ1) is 6.61. The van der Waals surface area contributed by atoms with Crippen molar-refractivity contribution in [3.05, 3.63) is 11.3 Å². The molecule has 0 bridgehead atoms. The van der Waals surface area contributed by atoms with E-state index < -0.39 is 0 Å². The van der Waals surface area contributed by atoms with Gasteiger partial charge in [-0.2, -0.15) is 0 Å². The lowest BCUT2D eigenvalue weighted by Crippen LogP contribution is -2.21. The molecule has 14 heavy (non-hydrogen) atoms. The predicted octanol–water partition coefficient (Wildman–Crippen LogP) is 1.46. The molecule has 1 heterocycles. The number of carbonyl (C=O) groups excluding carboxylic acids is 1. The first-order valence-electron chi connectivity index (χ1n) is 4.69. The Morgan fingerprint density at radius 2 is 2.21 bits per heavy atom. The van der Waals surface area contributed by atoms with E-state index in [0.29, 0.717) is 17.9 Å². The number of allylic oxidation sites excluding steroid dienone is 1. The summed E-state index contributed by atoms with van der Waals surface area (Å²) < 4.78 is 15.4. The molecular formula is C10H16O4. The van der Waals surface area contributed by atoms with Crippen LogP contribution < -0.4 is 0 Å². The van der Waals surface area contributed by atoms with Crippen LogP contribution in [0, 0.1) is 5.92 Å². The van der Waals surface area contributed by atoms with E-state index in [-0.39, 0.29) is 18.2 Å². The minimum absolute atomic E-state index is 0.0703. The van der Waals surface area contributed by atoms with Crippen molar-refractivity contribution in [3.8, 4) is 0 Å². The van der Waals surface area contributed by atoms with E-state index in [1.165, 1.54) is 0 Å². The molecule has 1 rings (SSSR count). The van der Waals surface area contributed by atoms with Gasteiger partial charge in [0.2, 0.25) is 6.29 Å². The third kappa shape index (κ3) is 1.90. The highest BCUT2D eigenvalue weighted by Crippen LogP contribution is 2.31. The maximum atomic E-state index is 11.5. The molecule has 0 aromatic heterocycles. The van der Waals surface area contributed by atoms with Crippen LogP contribution in [0.2, 0.25) is 0 Å². The first kappa shape index (κ1) is 11.0. The molecular weight excluding hydrogens is 184 g/mol. The van der Waals surface area contributed by atoms with Gasteiger partial charge in [-0.1, -0.05) is 6.92 Å². The minimum atomic E-state index is -0.366. The van der Waals surface area contributed by atoms with Gasteiger partial charge >= 0.3 is 5.97 Å². The second-order valence-electron chi connectivity index (χ2n) is 3.20. The molecule has 0 spiro atoms. The fraction of sp³-hybridized carbons (Fsp3) is 0.700. The molecule has 0 aromatic carbocycles. The fourth-order valence-corrected chi connectivity index (χ4v) is 1.59. The van der Waals surface area contributed by atoms with Crippen molar-refractivity contribution in [2.75, 3.05) is 13.7 Å². The molecule has 80 valence electrons. The maximum absolute atomic E-state index is 11.5. The Morgan fingerprint density at radius 1 is 1.57 bits per heavy atom. The molecule has 0 aromatic rings. The summed E-state index contributed by atoms with van der Waals surface area (Å²) >= 11 is 0. The van der Waals surface area contributed by atoms with Crippen molar-refractivity contribution >= 4 is 5.97 Å². The predicted molar refractivity (Wildman–Crippen MR) is 50.4 cm³/mol. The molecule has 0 N–H and O–H groups in total. The number of hydrogen-bond donors (Lipinski definition) is 0. The highest BCUT2D eigenvalue weighted by molar-refractivity contribution is 5.90. The standard InChI is InChI=1S/C10H16O4/c1-5-13-9(11)8-6(2)10(12-4)14-7(8)3/h6,10H,5H2,1-4H3. The normalized spacial score (nSPS) is 26.3. The Hall–Kier alpha value is -1.03. The van der Waals surface area contributed by atoms with Crippen LogP contribution >= 0.6 is 0 Å². The van der Waals surface area contributed by atoms with Crippen LogP contribution in [0.1, 0.15) is 20.8 Å². The largest absolute Gasteiger partial charge is 0.468 e. The molecule has 4 heteroatoms. The highest BCUT2D eigenvalue weighted by Gasteiger charge is 2.36. The van der Waals surface area contributed by atoms with Crippen LogP contribution in [0.3, 0.4) is 0 Å². The number of rotatable bonds is 3. The number of esters is 1. The van der Waals surface area contributed by atoms with E-state index >= 15 is 0 Å². The van der Waals surface area contributed by atoms with Gasteiger partial charge in [0.05, 0.1) is 18.1 Å². The summed E-state index contributed by atoms with van der Waals surface area (Å²) in [5.74, 6) is 0.221. The summed E-state index contributed by atoms with van der Waals surface area (Å²) in [6.07, 6.45) is -0.366. The molecule has 1 aliphatic heterocycles. The Labute approximate surface area is 83.8 Å². The Balaban J connectivity index is 2.77. The Morgan fingerprint density at radius 3 is 2.64 bits per heavy atom. The summed E-state index contributed by atoms with van der Waals surface area (Å²) in [6.45, 7) is 5.79. The summed E-state index contributed by atoms with van der Waals surface area (Å²) in [6, 6.07) is 0. The van der Waals surface area contributed by atoms with Gasteiger partial charge in [0, 0.05) is 7.11 Å². The van der Waals surface area contributed by atoms with Crippen molar-refractivity contribution < 1.29 is 19.0 Å². The zero-order chi connectivity index (χ0) is 10.7. The average molecular weight is 200 g/mol. The number of methoxy groups -OCH3 is 1. The average Bonchev–Trinajstić information content (AvgIpc) is 2.41. The van der Waals surface area contributed by atoms with Gasteiger partial charge in [-0.3, -0.25) is 0 Å². The molecule has 0 fully saturated rings. The Kier molecular flexibility index (Phi) is 3.52. The van der Waals surface area contributed by atoms with Crippen LogP contribution in [-0.2, 0) is 19.0 Å². The molecule has 0 aliphatic carbocycles. The molecule has 1 aliphatic rings. The number of carbonyl (C=O) groups is 1. The molecule has 0 radical (unpaired) electrons. The summed E-state index contributed by atoms with van der Waals surface area (Å²) in [5.41, 5.74) is 0.582. The zero-order valence-corrected chi connectivity index (χ0v) is 8.99. The van der Waals surface area contributed by atoms with Crippen LogP contribution in [0.25, 0.3) is 0 Å². The first-order valence-corrected chi connectivity index (χ1v) is 4.69. The highest BCUT2D eigenvalue weighted by atomic mass is 16.7. The summed E-state index contributed by atoms with van der Waals surface area (Å²) in [7, 11) is 1.56. The van der Waals surface area contributed by atoms with Gasteiger partial charge in [-0.25, -0.2) is 4.79 Å². The molecule has 4 nitrogen and oxygen atoms in total. The van der Waals surface area contributed by atoms with Crippen molar-refractivity contribution in [1.82, 2.24) is 0 Å². The molecule has 0 saturated heterocycles. The van der Waals surface area contributed by atoms with Gasteiger partial charge in [0.1, 0.15) is 5.76 Å². The van der Waals surface area contributed by atoms with Gasteiger partial charge in [0.15, 0.2) is 0 Å². The quantitative estimate of drug-likeness (QED) is 0.647. The van der Waals surface area contributed by atoms with Gasteiger partial charge in [-0.15, -0.1) is 0 Å². The van der Waals surface area contributed by atoms with Crippen LogP contribution in [0.5, 0.6) is 0 Å². The van der Waals surface area contributed by atoms with Gasteiger partial charge in [0.25, 0.3) is 0 Å². The molecule has 2 atom stereocenters. The van der Waals surface area contributed by atoms with Crippen molar-refractivity contribution in [2.24, 2.45) is 5.92 Å². The van der Waals surface area contributed by atoms with E-state index in [0.717, 1.165) is 0 Å². The smallest absolute Gasteiger partial charge is 0.337 e. The van der Waals surface area contributed by atoms with Crippen LogP contribution in [0.15, 0.2) is 11.3 Å². The van der Waals surface area contributed by atoms with Crippen molar-refractivity contribution in [2.45, 2.75) is 27.1 Å². The third-order valence-electron chi connectivity index (χ3n) is 2.26. The molecule has 2 unspecified atom stereocenters. The van der Waals surface area contributed by atoms with E-state index in [2.05, 4.69) is 0 Å². The Bertz CT molecular complexity index is 257. The van der Waals surface area contributed by atoms with Crippen molar-refractivity contribution in [1.29, 1.82) is 0 Å². The summed E-state index contributed by atoms with van der Waals surface area (Å²) in [5, 5.41) is 0.